The van der Waals surface area contributed by atoms with Crippen LogP contribution in [0.3, 0.4) is 0 Å². The molecule has 1 saturated heterocycles. The second-order valence-electron chi connectivity index (χ2n) is 5.98. The van der Waals surface area contributed by atoms with Crippen molar-refractivity contribution in [2.45, 2.75) is 12.8 Å². The smallest absolute Gasteiger partial charge is 0.232 e. The lowest BCUT2D eigenvalue weighted by atomic mass is 10.1. The highest BCUT2D eigenvalue weighted by molar-refractivity contribution is 8.13. The highest BCUT2D eigenvalue weighted by Crippen LogP contribution is 2.27. The Labute approximate surface area is 135 Å². The lowest BCUT2D eigenvalue weighted by Crippen LogP contribution is -2.35. The zero-order valence-corrected chi connectivity index (χ0v) is 13.8. The molecule has 22 heavy (non-hydrogen) atoms. The summed E-state index contributed by atoms with van der Waals surface area (Å²) < 4.78 is 22.3. The lowest BCUT2D eigenvalue weighted by Gasteiger charge is -2.23. The Hall–Kier alpha value is -1.27. The monoisotopic (exact) mass is 342 g/mol. The van der Waals surface area contributed by atoms with Crippen LogP contribution in [0.4, 0.5) is 5.69 Å². The van der Waals surface area contributed by atoms with Crippen molar-refractivity contribution in [1.82, 2.24) is 4.90 Å². The molecule has 1 amide bonds. The van der Waals surface area contributed by atoms with Crippen LogP contribution < -0.4 is 4.90 Å². The predicted octanol–water partition coefficient (Wildman–Crippen LogP) is 1.47. The van der Waals surface area contributed by atoms with Gasteiger partial charge in [-0.15, -0.1) is 0 Å². The number of carbonyl (C=O) groups is 1. The van der Waals surface area contributed by atoms with Gasteiger partial charge < -0.3 is 9.80 Å². The molecule has 1 aromatic rings. The molecular weight excluding hydrogens is 324 g/mol. The summed E-state index contributed by atoms with van der Waals surface area (Å²) in [6, 6.07) is 8.32. The fraction of sp³-hybridized carbons (Fsp3) is 0.533. The Kier molecular flexibility index (Phi) is 4.32. The number of amides is 1. The van der Waals surface area contributed by atoms with Gasteiger partial charge in [-0.2, -0.15) is 0 Å². The molecule has 0 saturated carbocycles. The highest BCUT2D eigenvalue weighted by atomic mass is 35.7. The SMILES string of the molecule is O=C1CC(CS(=O)(=O)Cl)CN1CCN1CCc2ccccc21. The molecule has 0 N–H and O–H groups in total. The first-order valence-electron chi connectivity index (χ1n) is 7.45. The Morgan fingerprint density at radius 2 is 1.91 bits per heavy atom. The van der Waals surface area contributed by atoms with Gasteiger partial charge in [0.1, 0.15) is 0 Å². The zero-order chi connectivity index (χ0) is 15.7. The van der Waals surface area contributed by atoms with Crippen LogP contribution in [0.25, 0.3) is 0 Å². The number of anilines is 1. The first-order chi connectivity index (χ1) is 10.4. The number of fused-ring (bicyclic) bond motifs is 1. The van der Waals surface area contributed by atoms with Crippen LogP contribution in [0.15, 0.2) is 24.3 Å². The quantitative estimate of drug-likeness (QED) is 0.760. The third-order valence-corrected chi connectivity index (χ3v) is 5.60. The van der Waals surface area contributed by atoms with Crippen molar-refractivity contribution in [3.05, 3.63) is 29.8 Å². The van der Waals surface area contributed by atoms with E-state index in [1.54, 1.807) is 4.90 Å². The fourth-order valence-corrected chi connectivity index (χ4v) is 4.66. The number of carbonyl (C=O) groups excluding carboxylic acids is 1. The van der Waals surface area contributed by atoms with Crippen LogP contribution in [0.2, 0.25) is 0 Å². The van der Waals surface area contributed by atoms with Crippen molar-refractivity contribution in [3.63, 3.8) is 0 Å². The van der Waals surface area contributed by atoms with E-state index in [1.165, 1.54) is 11.3 Å². The van der Waals surface area contributed by atoms with Crippen molar-refractivity contribution in [3.8, 4) is 0 Å². The van der Waals surface area contributed by atoms with Crippen molar-refractivity contribution in [1.29, 1.82) is 0 Å². The zero-order valence-electron chi connectivity index (χ0n) is 12.2. The largest absolute Gasteiger partial charge is 0.369 e. The van der Waals surface area contributed by atoms with Gasteiger partial charge >= 0.3 is 0 Å². The maximum Gasteiger partial charge on any atom is 0.232 e. The summed E-state index contributed by atoms with van der Waals surface area (Å²) in [5, 5.41) is 0. The minimum absolute atomic E-state index is 0.0257. The summed E-state index contributed by atoms with van der Waals surface area (Å²) in [6.45, 7) is 2.87. The van der Waals surface area contributed by atoms with Gasteiger partial charge in [0.25, 0.3) is 0 Å². The van der Waals surface area contributed by atoms with Gasteiger partial charge in [-0.25, -0.2) is 8.42 Å². The van der Waals surface area contributed by atoms with Crippen molar-refractivity contribution in [2.24, 2.45) is 5.92 Å². The number of para-hydroxylation sites is 1. The van der Waals surface area contributed by atoms with Crippen LogP contribution in [-0.4, -0.2) is 51.2 Å². The molecular formula is C15H19ClN2O3S. The van der Waals surface area contributed by atoms with Gasteiger partial charge in [0.05, 0.1) is 5.75 Å². The van der Waals surface area contributed by atoms with Gasteiger partial charge in [-0.05, 0) is 18.1 Å². The standard InChI is InChI=1S/C15H19ClN2O3S/c16-22(20,21)11-12-9-15(19)18(10-12)8-7-17-6-5-13-3-1-2-4-14(13)17/h1-4,12H,5-11H2. The van der Waals surface area contributed by atoms with Gasteiger partial charge in [0.15, 0.2) is 0 Å². The first-order valence-corrected chi connectivity index (χ1v) is 9.93. The minimum atomic E-state index is -3.54. The molecule has 2 aliphatic heterocycles. The predicted molar refractivity (Wildman–Crippen MR) is 86.7 cm³/mol. The van der Waals surface area contributed by atoms with E-state index in [4.69, 9.17) is 10.7 Å². The van der Waals surface area contributed by atoms with E-state index in [0.717, 1.165) is 19.5 Å². The summed E-state index contributed by atoms with van der Waals surface area (Å²) in [5.41, 5.74) is 2.59. The molecule has 120 valence electrons. The molecule has 1 atom stereocenters. The van der Waals surface area contributed by atoms with Gasteiger partial charge in [0.2, 0.25) is 15.0 Å². The van der Waals surface area contributed by atoms with E-state index in [0.29, 0.717) is 13.1 Å². The number of halogens is 1. The molecule has 2 aliphatic rings. The first kappa shape index (κ1) is 15.6. The molecule has 1 aromatic carbocycles. The van der Waals surface area contributed by atoms with Crippen LogP contribution in [0, 0.1) is 5.92 Å². The van der Waals surface area contributed by atoms with Gasteiger partial charge in [0, 0.05) is 54.9 Å². The Balaban J connectivity index is 1.56. The van der Waals surface area contributed by atoms with E-state index >= 15 is 0 Å². The third kappa shape index (κ3) is 3.55. The third-order valence-electron chi connectivity index (χ3n) is 4.35. The molecule has 0 radical (unpaired) electrons. The normalized spacial score (nSPS) is 21.5. The Morgan fingerprint density at radius 3 is 2.68 bits per heavy atom. The van der Waals surface area contributed by atoms with E-state index < -0.39 is 9.05 Å². The molecule has 0 aliphatic carbocycles. The van der Waals surface area contributed by atoms with Gasteiger partial charge in [-0.3, -0.25) is 4.79 Å². The Morgan fingerprint density at radius 1 is 1.18 bits per heavy atom. The van der Waals surface area contributed by atoms with Crippen LogP contribution in [0.1, 0.15) is 12.0 Å². The maximum atomic E-state index is 12.0. The summed E-state index contributed by atoms with van der Waals surface area (Å²) in [5.74, 6) is -0.276. The Bertz CT molecular complexity index is 677. The molecule has 0 spiro atoms. The van der Waals surface area contributed by atoms with Crippen molar-refractivity contribution < 1.29 is 13.2 Å². The number of benzene rings is 1. The number of hydrogen-bond donors (Lipinski definition) is 0. The number of hydrogen-bond acceptors (Lipinski definition) is 4. The second-order valence-corrected chi connectivity index (χ2v) is 8.80. The molecule has 7 heteroatoms. The van der Waals surface area contributed by atoms with Gasteiger partial charge in [-0.1, -0.05) is 18.2 Å². The summed E-state index contributed by atoms with van der Waals surface area (Å²) in [7, 11) is 1.74. The number of rotatable bonds is 5. The van der Waals surface area contributed by atoms with Crippen LogP contribution in [0.5, 0.6) is 0 Å². The molecule has 0 bridgehead atoms. The molecule has 3 rings (SSSR count). The average Bonchev–Trinajstić information content (AvgIpc) is 2.98. The second kappa shape index (κ2) is 6.08. The van der Waals surface area contributed by atoms with Crippen LogP contribution >= 0.6 is 10.7 Å². The molecule has 5 nitrogen and oxygen atoms in total. The molecule has 0 aromatic heterocycles. The average molecular weight is 343 g/mol. The van der Waals surface area contributed by atoms with Crippen molar-refractivity contribution in [2.75, 3.05) is 36.8 Å². The summed E-state index contributed by atoms with van der Waals surface area (Å²) in [6.07, 6.45) is 1.32. The molecule has 1 fully saturated rings. The molecule has 2 heterocycles. The fourth-order valence-electron chi connectivity index (χ4n) is 3.34. The van der Waals surface area contributed by atoms with E-state index in [-0.39, 0.29) is 24.0 Å². The van der Waals surface area contributed by atoms with E-state index in [9.17, 15) is 13.2 Å². The maximum absolute atomic E-state index is 12.0. The van der Waals surface area contributed by atoms with Crippen LogP contribution in [-0.2, 0) is 20.3 Å². The summed E-state index contributed by atoms with van der Waals surface area (Å²) in [4.78, 5) is 16.0. The lowest BCUT2D eigenvalue weighted by molar-refractivity contribution is -0.127. The van der Waals surface area contributed by atoms with Crippen molar-refractivity contribution >= 4 is 31.3 Å². The molecule has 1 unspecified atom stereocenters. The number of nitrogens with zero attached hydrogens (tertiary/aromatic N) is 2. The minimum Gasteiger partial charge on any atom is -0.369 e. The summed E-state index contributed by atoms with van der Waals surface area (Å²) >= 11 is 0. The van der Waals surface area contributed by atoms with E-state index in [2.05, 4.69) is 17.0 Å². The highest BCUT2D eigenvalue weighted by Gasteiger charge is 2.32. The number of likely N-dealkylation sites (tertiary alicyclic amines) is 1. The van der Waals surface area contributed by atoms with E-state index in [1.807, 2.05) is 12.1 Å². The topological polar surface area (TPSA) is 57.7 Å².